The summed E-state index contributed by atoms with van der Waals surface area (Å²) in [6.45, 7) is 6.61. The molecule has 0 aromatic rings. The topological polar surface area (TPSA) is 78.9 Å². The molecule has 0 aliphatic rings. The third-order valence-corrected chi connectivity index (χ3v) is 16.3. The zero-order chi connectivity index (χ0) is 58.5. The van der Waals surface area contributed by atoms with Crippen LogP contribution in [0.1, 0.15) is 393 Å². The molecule has 0 radical (unpaired) electrons. The molecular formula is C75H138O6. The summed E-state index contributed by atoms with van der Waals surface area (Å²) in [5.74, 6) is -0.842. The van der Waals surface area contributed by atoms with Crippen LogP contribution in [0.25, 0.3) is 0 Å². The van der Waals surface area contributed by atoms with Gasteiger partial charge in [-0.15, -0.1) is 0 Å². The number of ether oxygens (including phenoxy) is 3. The first-order chi connectivity index (χ1) is 40.0. The maximum Gasteiger partial charge on any atom is 0.306 e. The second-order valence-electron chi connectivity index (χ2n) is 24.5. The van der Waals surface area contributed by atoms with E-state index in [9.17, 15) is 14.4 Å². The molecule has 6 nitrogen and oxygen atoms in total. The fourth-order valence-electron chi connectivity index (χ4n) is 11.0. The molecule has 1 unspecified atom stereocenters. The number of carbonyl (C=O) groups excluding carboxylic acids is 3. The van der Waals surface area contributed by atoms with Crippen molar-refractivity contribution in [3.63, 3.8) is 0 Å². The lowest BCUT2D eigenvalue weighted by Gasteiger charge is -2.18. The smallest absolute Gasteiger partial charge is 0.306 e. The van der Waals surface area contributed by atoms with E-state index in [4.69, 9.17) is 14.2 Å². The van der Waals surface area contributed by atoms with Crippen LogP contribution < -0.4 is 0 Å². The Bertz CT molecular complexity index is 1400. The molecule has 6 heteroatoms. The SMILES string of the molecule is CC/C=C\C/C=C\C/C=C\C/C=C\CCCCCCCCCCCCC(=O)OC(COC(=O)CCCCCCCCCCCCCCCCC)COC(=O)CCCCCCCCCCCCCCCCCCCCCCCCCCC. The molecule has 81 heavy (non-hydrogen) atoms. The largest absolute Gasteiger partial charge is 0.462 e. The first-order valence-corrected chi connectivity index (χ1v) is 36.1. The van der Waals surface area contributed by atoms with Gasteiger partial charge in [-0.25, -0.2) is 0 Å². The zero-order valence-corrected chi connectivity index (χ0v) is 54.6. The summed E-state index contributed by atoms with van der Waals surface area (Å²) in [5.41, 5.74) is 0. The quantitative estimate of drug-likeness (QED) is 0.0261. The Hall–Kier alpha value is -2.63. The summed E-state index contributed by atoms with van der Waals surface area (Å²) in [7, 11) is 0. The van der Waals surface area contributed by atoms with E-state index in [1.807, 2.05) is 0 Å². The Morgan fingerprint density at radius 3 is 0.753 bits per heavy atom. The van der Waals surface area contributed by atoms with Crippen molar-refractivity contribution in [3.05, 3.63) is 48.6 Å². The Balaban J connectivity index is 4.27. The molecular weight excluding hydrogens is 997 g/mol. The average molecular weight is 1140 g/mol. The van der Waals surface area contributed by atoms with Crippen molar-refractivity contribution in [3.8, 4) is 0 Å². The van der Waals surface area contributed by atoms with E-state index in [1.54, 1.807) is 0 Å². The monoisotopic (exact) mass is 1140 g/mol. The molecule has 0 aromatic carbocycles. The molecule has 0 amide bonds. The second-order valence-corrected chi connectivity index (χ2v) is 24.5. The molecule has 0 spiro atoms. The van der Waals surface area contributed by atoms with Gasteiger partial charge < -0.3 is 14.2 Å². The van der Waals surface area contributed by atoms with E-state index in [1.165, 1.54) is 270 Å². The van der Waals surface area contributed by atoms with Crippen LogP contribution in [0.15, 0.2) is 48.6 Å². The van der Waals surface area contributed by atoms with E-state index in [0.29, 0.717) is 19.3 Å². The van der Waals surface area contributed by atoms with Crippen LogP contribution in [-0.2, 0) is 28.6 Å². The van der Waals surface area contributed by atoms with Crippen LogP contribution in [-0.4, -0.2) is 37.2 Å². The van der Waals surface area contributed by atoms with Crippen LogP contribution in [0.3, 0.4) is 0 Å². The molecule has 0 aliphatic carbocycles. The Labute approximate surface area is 505 Å². The maximum atomic E-state index is 13.0. The lowest BCUT2D eigenvalue weighted by atomic mass is 10.0. The fraction of sp³-hybridized carbons (Fsp3) is 0.853. The van der Waals surface area contributed by atoms with Crippen LogP contribution >= 0.6 is 0 Å². The zero-order valence-electron chi connectivity index (χ0n) is 54.6. The number of esters is 3. The number of unbranched alkanes of at least 4 members (excludes halogenated alkanes) is 48. The predicted octanol–water partition coefficient (Wildman–Crippen LogP) is 24.9. The number of carbonyl (C=O) groups is 3. The van der Waals surface area contributed by atoms with Crippen LogP contribution in [0.2, 0.25) is 0 Å². The minimum atomic E-state index is -0.774. The van der Waals surface area contributed by atoms with Gasteiger partial charge in [0.15, 0.2) is 6.10 Å². The molecule has 0 heterocycles. The van der Waals surface area contributed by atoms with E-state index < -0.39 is 6.10 Å². The highest BCUT2D eigenvalue weighted by Crippen LogP contribution is 2.19. The molecule has 0 saturated heterocycles. The number of allylic oxidation sites excluding steroid dienone is 8. The number of hydrogen-bond acceptors (Lipinski definition) is 6. The highest BCUT2D eigenvalue weighted by atomic mass is 16.6. The van der Waals surface area contributed by atoms with Crippen molar-refractivity contribution in [1.82, 2.24) is 0 Å². The average Bonchev–Trinajstić information content (AvgIpc) is 3.47. The van der Waals surface area contributed by atoms with Gasteiger partial charge in [-0.3, -0.25) is 14.4 Å². The van der Waals surface area contributed by atoms with Gasteiger partial charge in [0, 0.05) is 19.3 Å². The Kier molecular flexibility index (Phi) is 67.6. The molecule has 474 valence electrons. The first-order valence-electron chi connectivity index (χ1n) is 36.1. The first kappa shape index (κ1) is 78.4. The minimum absolute atomic E-state index is 0.0688. The second kappa shape index (κ2) is 69.9. The molecule has 0 N–H and O–H groups in total. The maximum absolute atomic E-state index is 13.0. The Morgan fingerprint density at radius 2 is 0.481 bits per heavy atom. The summed E-state index contributed by atoms with van der Waals surface area (Å²) in [6.07, 6.45) is 88.6. The van der Waals surface area contributed by atoms with Gasteiger partial charge in [0.2, 0.25) is 0 Å². The summed E-state index contributed by atoms with van der Waals surface area (Å²) < 4.78 is 17.0. The van der Waals surface area contributed by atoms with Crippen LogP contribution in [0, 0.1) is 0 Å². The molecule has 1 atom stereocenters. The van der Waals surface area contributed by atoms with Crippen LogP contribution in [0.4, 0.5) is 0 Å². The van der Waals surface area contributed by atoms with Gasteiger partial charge in [0.05, 0.1) is 0 Å². The molecule has 0 fully saturated rings. The highest BCUT2D eigenvalue weighted by molar-refractivity contribution is 5.71. The molecule has 0 saturated carbocycles. The van der Waals surface area contributed by atoms with Crippen molar-refractivity contribution >= 4 is 17.9 Å². The summed E-state index contributed by atoms with van der Waals surface area (Å²) in [6, 6.07) is 0. The normalized spacial score (nSPS) is 12.3. The van der Waals surface area contributed by atoms with Crippen molar-refractivity contribution < 1.29 is 28.6 Å². The van der Waals surface area contributed by atoms with Gasteiger partial charge in [0.25, 0.3) is 0 Å². The lowest BCUT2D eigenvalue weighted by Crippen LogP contribution is -2.30. The minimum Gasteiger partial charge on any atom is -0.462 e. The summed E-state index contributed by atoms with van der Waals surface area (Å²) in [5, 5.41) is 0. The van der Waals surface area contributed by atoms with E-state index in [2.05, 4.69) is 69.4 Å². The lowest BCUT2D eigenvalue weighted by molar-refractivity contribution is -0.167. The molecule has 0 aliphatic heterocycles. The number of rotatable bonds is 67. The van der Waals surface area contributed by atoms with Gasteiger partial charge in [0.1, 0.15) is 13.2 Å². The Morgan fingerprint density at radius 1 is 0.259 bits per heavy atom. The molecule has 0 bridgehead atoms. The van der Waals surface area contributed by atoms with E-state index in [0.717, 1.165) is 83.5 Å². The molecule has 0 aromatic heterocycles. The van der Waals surface area contributed by atoms with Crippen molar-refractivity contribution in [2.24, 2.45) is 0 Å². The van der Waals surface area contributed by atoms with Crippen molar-refractivity contribution in [2.75, 3.05) is 13.2 Å². The van der Waals surface area contributed by atoms with Crippen molar-refractivity contribution in [1.29, 1.82) is 0 Å². The highest BCUT2D eigenvalue weighted by Gasteiger charge is 2.19. The van der Waals surface area contributed by atoms with Gasteiger partial charge in [-0.2, -0.15) is 0 Å². The number of hydrogen-bond donors (Lipinski definition) is 0. The van der Waals surface area contributed by atoms with Crippen LogP contribution in [0.5, 0.6) is 0 Å². The third kappa shape index (κ3) is 68.0. The van der Waals surface area contributed by atoms with E-state index in [-0.39, 0.29) is 31.1 Å². The summed E-state index contributed by atoms with van der Waals surface area (Å²) >= 11 is 0. The standard InChI is InChI=1S/C75H138O6/c1-4-7-10-13-16-19-22-25-28-30-32-34-36-37-39-40-42-44-47-50-53-56-59-62-65-68-74(77)80-71-72(70-79-73(76)67-64-61-58-55-52-49-46-27-24-21-18-15-12-9-6-3)81-75(78)69-66-63-60-57-54-51-48-45-43-41-38-35-33-31-29-26-23-20-17-14-11-8-5-2/h8,11,17,20,26,29,33,35,72H,4-7,9-10,12-16,18-19,21-25,27-28,30-32,34,36-71H2,1-3H3/b11-8-,20-17-,29-26-,35-33-. The predicted molar refractivity (Wildman–Crippen MR) is 353 cm³/mol. The summed E-state index contributed by atoms with van der Waals surface area (Å²) in [4.78, 5) is 38.5. The van der Waals surface area contributed by atoms with Gasteiger partial charge in [-0.05, 0) is 57.8 Å². The third-order valence-electron chi connectivity index (χ3n) is 16.3. The van der Waals surface area contributed by atoms with Gasteiger partial charge >= 0.3 is 17.9 Å². The molecule has 0 rings (SSSR count). The fourth-order valence-corrected chi connectivity index (χ4v) is 11.0. The van der Waals surface area contributed by atoms with Gasteiger partial charge in [-0.1, -0.05) is 365 Å². The van der Waals surface area contributed by atoms with E-state index >= 15 is 0 Å². The van der Waals surface area contributed by atoms with Crippen molar-refractivity contribution in [2.45, 2.75) is 399 Å².